The number of nitrogens with one attached hydrogen (secondary N) is 1. The van der Waals surface area contributed by atoms with Crippen LogP contribution in [0.15, 0.2) is 54.4 Å². The molecule has 0 atom stereocenters. The molecule has 7 heteroatoms. The van der Waals surface area contributed by atoms with Gasteiger partial charge in [-0.05, 0) is 29.1 Å². The summed E-state index contributed by atoms with van der Waals surface area (Å²) in [5.74, 6) is -0.664. The van der Waals surface area contributed by atoms with E-state index in [0.29, 0.717) is 16.1 Å². The van der Waals surface area contributed by atoms with E-state index in [2.05, 4.69) is 10.3 Å². The smallest absolute Gasteiger partial charge is 0.220 e. The fourth-order valence-corrected chi connectivity index (χ4v) is 3.04. The second-order valence-electron chi connectivity index (χ2n) is 5.43. The highest BCUT2D eigenvalue weighted by molar-refractivity contribution is 7.12. The van der Waals surface area contributed by atoms with Crippen molar-refractivity contribution in [2.24, 2.45) is 0 Å². The number of halogens is 1. The molecular weight excluding hydrogens is 341 g/mol. The summed E-state index contributed by atoms with van der Waals surface area (Å²) in [5.41, 5.74) is 1.05. The summed E-state index contributed by atoms with van der Waals surface area (Å²) < 4.78 is 15.7. The minimum Gasteiger partial charge on any atom is -0.352 e. The number of carbonyl (C=O) groups is 2. The molecule has 0 aliphatic rings. The fourth-order valence-electron chi connectivity index (χ4n) is 2.35. The Balaban J connectivity index is 1.50. The fraction of sp³-hybridized carbons (Fsp3) is 0.167. The summed E-state index contributed by atoms with van der Waals surface area (Å²) in [6, 6.07) is 8.32. The molecule has 0 radical (unpaired) electrons. The number of aromatic nitrogens is 2. The average Bonchev–Trinajstić information content (AvgIpc) is 3.31. The Labute approximate surface area is 148 Å². The van der Waals surface area contributed by atoms with Gasteiger partial charge >= 0.3 is 0 Å². The molecule has 0 aliphatic carbocycles. The van der Waals surface area contributed by atoms with Gasteiger partial charge in [0.2, 0.25) is 5.91 Å². The SMILES string of the molecule is O=C(CCC(=O)c1cccs1)NCc1ccc(-n2ccnc2)c(F)c1. The maximum Gasteiger partial charge on any atom is 0.220 e. The zero-order valence-electron chi connectivity index (χ0n) is 13.3. The lowest BCUT2D eigenvalue weighted by atomic mass is 10.1. The summed E-state index contributed by atoms with van der Waals surface area (Å²) in [7, 11) is 0. The molecule has 0 bridgehead atoms. The largest absolute Gasteiger partial charge is 0.352 e. The molecule has 128 valence electrons. The van der Waals surface area contributed by atoms with E-state index < -0.39 is 5.82 Å². The van der Waals surface area contributed by atoms with Gasteiger partial charge in [-0.2, -0.15) is 0 Å². The van der Waals surface area contributed by atoms with Gasteiger partial charge in [0.15, 0.2) is 5.78 Å². The minimum absolute atomic E-state index is 0.0409. The predicted octanol–water partition coefficient (Wildman–Crippen LogP) is 3.35. The Morgan fingerprint density at radius 1 is 1.24 bits per heavy atom. The molecule has 0 saturated heterocycles. The highest BCUT2D eigenvalue weighted by atomic mass is 32.1. The molecule has 5 nitrogen and oxygen atoms in total. The van der Waals surface area contributed by atoms with Gasteiger partial charge in [-0.15, -0.1) is 11.3 Å². The molecule has 3 rings (SSSR count). The molecule has 1 amide bonds. The molecule has 0 aliphatic heterocycles. The normalized spacial score (nSPS) is 10.6. The Morgan fingerprint density at radius 3 is 2.80 bits per heavy atom. The van der Waals surface area contributed by atoms with Crippen molar-refractivity contribution in [3.8, 4) is 5.69 Å². The van der Waals surface area contributed by atoms with Crippen LogP contribution in [-0.4, -0.2) is 21.2 Å². The molecule has 2 heterocycles. The molecule has 0 spiro atoms. The first kappa shape index (κ1) is 17.0. The Bertz CT molecular complexity index is 861. The van der Waals surface area contributed by atoms with Crippen molar-refractivity contribution in [3.63, 3.8) is 0 Å². The highest BCUT2D eigenvalue weighted by Crippen LogP contribution is 2.15. The maximum atomic E-state index is 14.1. The van der Waals surface area contributed by atoms with Crippen LogP contribution < -0.4 is 5.32 Å². The Hall–Kier alpha value is -2.80. The van der Waals surface area contributed by atoms with Crippen LogP contribution in [0.1, 0.15) is 28.1 Å². The first-order valence-corrected chi connectivity index (χ1v) is 8.61. The standard InChI is InChI=1S/C18H16FN3O2S/c19-14-10-13(3-4-15(14)22-8-7-20-12-22)11-21-18(24)6-5-16(23)17-2-1-9-25-17/h1-4,7-10,12H,5-6,11H2,(H,21,24). The number of hydrogen-bond donors (Lipinski definition) is 1. The molecule has 1 N–H and O–H groups in total. The summed E-state index contributed by atoms with van der Waals surface area (Å²) in [6.07, 6.45) is 5.03. The third-order valence-electron chi connectivity index (χ3n) is 3.66. The number of imidazole rings is 1. The number of hydrogen-bond acceptors (Lipinski definition) is 4. The number of ketones is 1. The van der Waals surface area contributed by atoms with Crippen molar-refractivity contribution in [3.05, 3.63) is 70.7 Å². The number of rotatable bonds is 7. The molecule has 1 aromatic carbocycles. The lowest BCUT2D eigenvalue weighted by Crippen LogP contribution is -2.23. The molecule has 0 unspecified atom stereocenters. The van der Waals surface area contributed by atoms with Crippen LogP contribution in [0.5, 0.6) is 0 Å². The van der Waals surface area contributed by atoms with Crippen LogP contribution in [0, 0.1) is 5.82 Å². The van der Waals surface area contributed by atoms with Crippen LogP contribution in [0.2, 0.25) is 0 Å². The van der Waals surface area contributed by atoms with Crippen LogP contribution >= 0.6 is 11.3 Å². The van der Waals surface area contributed by atoms with E-state index in [-0.39, 0.29) is 31.1 Å². The summed E-state index contributed by atoms with van der Waals surface area (Å²) >= 11 is 1.37. The maximum absolute atomic E-state index is 14.1. The number of carbonyl (C=O) groups excluding carboxylic acids is 2. The van der Waals surface area contributed by atoms with Crippen molar-refractivity contribution in [2.45, 2.75) is 19.4 Å². The van der Waals surface area contributed by atoms with Crippen molar-refractivity contribution < 1.29 is 14.0 Å². The summed E-state index contributed by atoms with van der Waals surface area (Å²) in [5, 5.41) is 4.54. The van der Waals surface area contributed by atoms with Gasteiger partial charge in [-0.1, -0.05) is 12.1 Å². The van der Waals surface area contributed by atoms with E-state index in [1.54, 1.807) is 41.2 Å². The van der Waals surface area contributed by atoms with Crippen LogP contribution in [0.4, 0.5) is 4.39 Å². The molecule has 0 saturated carbocycles. The first-order chi connectivity index (χ1) is 12.1. The Kier molecular flexibility index (Phi) is 5.35. The Morgan fingerprint density at radius 2 is 2.12 bits per heavy atom. The first-order valence-electron chi connectivity index (χ1n) is 7.73. The van der Waals surface area contributed by atoms with Gasteiger partial charge < -0.3 is 9.88 Å². The molecule has 2 aromatic heterocycles. The van der Waals surface area contributed by atoms with Gasteiger partial charge in [-0.25, -0.2) is 9.37 Å². The van der Waals surface area contributed by atoms with Crippen molar-refractivity contribution in [2.75, 3.05) is 0 Å². The van der Waals surface area contributed by atoms with Gasteiger partial charge in [0.25, 0.3) is 0 Å². The third kappa shape index (κ3) is 4.39. The van der Waals surface area contributed by atoms with Crippen LogP contribution in [-0.2, 0) is 11.3 Å². The lowest BCUT2D eigenvalue weighted by molar-refractivity contribution is -0.121. The second kappa shape index (κ2) is 7.85. The zero-order chi connectivity index (χ0) is 17.6. The van der Waals surface area contributed by atoms with Gasteiger partial charge in [-0.3, -0.25) is 9.59 Å². The van der Waals surface area contributed by atoms with E-state index in [9.17, 15) is 14.0 Å². The summed E-state index contributed by atoms with van der Waals surface area (Å²) in [4.78, 5) is 28.3. The predicted molar refractivity (Wildman–Crippen MR) is 93.3 cm³/mol. The van der Waals surface area contributed by atoms with Gasteiger partial charge in [0.05, 0.1) is 16.9 Å². The van der Waals surface area contributed by atoms with E-state index in [1.807, 2.05) is 5.38 Å². The van der Waals surface area contributed by atoms with E-state index in [1.165, 1.54) is 23.7 Å². The van der Waals surface area contributed by atoms with E-state index in [0.717, 1.165) is 0 Å². The number of Topliss-reactive ketones (excluding diaryl/α,β-unsaturated/α-hetero) is 1. The number of benzene rings is 1. The minimum atomic E-state index is -0.391. The van der Waals surface area contributed by atoms with Crippen LogP contribution in [0.3, 0.4) is 0 Å². The summed E-state index contributed by atoms with van der Waals surface area (Å²) in [6.45, 7) is 0.215. The molecule has 3 aromatic rings. The van der Waals surface area contributed by atoms with E-state index >= 15 is 0 Å². The van der Waals surface area contributed by atoms with Gasteiger partial charge in [0, 0.05) is 31.8 Å². The highest BCUT2D eigenvalue weighted by Gasteiger charge is 2.11. The quantitative estimate of drug-likeness (QED) is 0.660. The lowest BCUT2D eigenvalue weighted by Gasteiger charge is -2.08. The molecular formula is C18H16FN3O2S. The van der Waals surface area contributed by atoms with Crippen LogP contribution in [0.25, 0.3) is 5.69 Å². The van der Waals surface area contributed by atoms with Crippen molar-refractivity contribution >= 4 is 23.0 Å². The number of nitrogens with zero attached hydrogens (tertiary/aromatic N) is 2. The zero-order valence-corrected chi connectivity index (χ0v) is 14.1. The molecule has 25 heavy (non-hydrogen) atoms. The van der Waals surface area contributed by atoms with Gasteiger partial charge in [0.1, 0.15) is 5.82 Å². The molecule has 0 fully saturated rings. The third-order valence-corrected chi connectivity index (χ3v) is 4.57. The second-order valence-corrected chi connectivity index (χ2v) is 6.38. The number of thiophene rings is 1. The topological polar surface area (TPSA) is 64.0 Å². The average molecular weight is 357 g/mol. The number of amides is 1. The van der Waals surface area contributed by atoms with E-state index in [4.69, 9.17) is 0 Å². The monoisotopic (exact) mass is 357 g/mol. The van der Waals surface area contributed by atoms with Crippen molar-refractivity contribution in [1.82, 2.24) is 14.9 Å². The van der Waals surface area contributed by atoms with Crippen molar-refractivity contribution in [1.29, 1.82) is 0 Å².